The number of nitrogens with zero attached hydrogens (tertiary/aromatic N) is 2. The lowest BCUT2D eigenvalue weighted by Crippen LogP contribution is -2.35. The largest absolute Gasteiger partial charge is 0.381 e. The lowest BCUT2D eigenvalue weighted by Gasteiger charge is -2.22. The molecule has 1 aliphatic heterocycles. The zero-order chi connectivity index (χ0) is 9.64. The van der Waals surface area contributed by atoms with Crippen LogP contribution in [0.5, 0.6) is 0 Å². The molecule has 0 aromatic carbocycles. The Morgan fingerprint density at radius 1 is 1.43 bits per heavy atom. The van der Waals surface area contributed by atoms with Crippen molar-refractivity contribution >= 4 is 0 Å². The van der Waals surface area contributed by atoms with Crippen LogP contribution in [0.1, 0.15) is 18.7 Å². The molecule has 0 amide bonds. The molecule has 2 rings (SSSR count). The first-order chi connectivity index (χ1) is 6.95. The molecule has 1 aromatic rings. The van der Waals surface area contributed by atoms with Crippen LogP contribution in [0.4, 0.5) is 0 Å². The highest BCUT2D eigenvalue weighted by Gasteiger charge is 2.12. The molecule has 0 unspecified atom stereocenters. The molecule has 0 atom stereocenters. The van der Waals surface area contributed by atoms with E-state index in [0.29, 0.717) is 11.9 Å². The zero-order valence-electron chi connectivity index (χ0n) is 8.11. The summed E-state index contributed by atoms with van der Waals surface area (Å²) in [5.74, 6) is 0.699. The second-order valence-electron chi connectivity index (χ2n) is 3.43. The van der Waals surface area contributed by atoms with E-state index in [1.54, 1.807) is 0 Å². The minimum absolute atomic E-state index is 0.590. The highest BCUT2D eigenvalue weighted by atomic mass is 16.5. The fourth-order valence-corrected chi connectivity index (χ4v) is 1.59. The maximum atomic E-state index is 5.27. The van der Waals surface area contributed by atoms with E-state index >= 15 is 0 Å². The van der Waals surface area contributed by atoms with Gasteiger partial charge in [0.05, 0.1) is 0 Å². The summed E-state index contributed by atoms with van der Waals surface area (Å²) in [6.45, 7) is 2.64. The van der Waals surface area contributed by atoms with Crippen molar-refractivity contribution in [1.29, 1.82) is 0 Å². The Balaban J connectivity index is 1.62. The minimum Gasteiger partial charge on any atom is -0.381 e. The van der Waals surface area contributed by atoms with Gasteiger partial charge in [0.2, 0.25) is 5.89 Å². The first-order valence-corrected chi connectivity index (χ1v) is 5.02. The summed E-state index contributed by atoms with van der Waals surface area (Å²) in [6, 6.07) is 0.590. The summed E-state index contributed by atoms with van der Waals surface area (Å²) >= 11 is 0. The monoisotopic (exact) mass is 197 g/mol. The topological polar surface area (TPSA) is 60.2 Å². The molecule has 0 saturated carbocycles. The lowest BCUT2D eigenvalue weighted by atomic mass is 10.1. The van der Waals surface area contributed by atoms with Gasteiger partial charge in [0.1, 0.15) is 0 Å². The van der Waals surface area contributed by atoms with Gasteiger partial charge in [0.25, 0.3) is 0 Å². The van der Waals surface area contributed by atoms with Crippen molar-refractivity contribution in [3.63, 3.8) is 0 Å². The Morgan fingerprint density at radius 3 is 3.00 bits per heavy atom. The van der Waals surface area contributed by atoms with Gasteiger partial charge in [-0.2, -0.15) is 4.98 Å². The summed E-state index contributed by atoms with van der Waals surface area (Å²) in [6.07, 6.45) is 4.44. The molecule has 0 radical (unpaired) electrons. The van der Waals surface area contributed by atoms with E-state index < -0.39 is 0 Å². The first kappa shape index (κ1) is 9.61. The highest BCUT2D eigenvalue weighted by molar-refractivity contribution is 4.77. The summed E-state index contributed by atoms with van der Waals surface area (Å²) in [4.78, 5) is 3.96. The Kier molecular flexibility index (Phi) is 3.48. The van der Waals surface area contributed by atoms with Crippen molar-refractivity contribution in [2.24, 2.45) is 0 Å². The van der Waals surface area contributed by atoms with Gasteiger partial charge in [-0.25, -0.2) is 0 Å². The van der Waals surface area contributed by atoms with Crippen LogP contribution in [0.2, 0.25) is 0 Å². The quantitative estimate of drug-likeness (QED) is 0.756. The predicted octanol–water partition coefficient (Wildman–Crippen LogP) is 0.381. The van der Waals surface area contributed by atoms with Crippen molar-refractivity contribution in [2.45, 2.75) is 25.3 Å². The van der Waals surface area contributed by atoms with Gasteiger partial charge in [-0.1, -0.05) is 5.16 Å². The third-order valence-corrected chi connectivity index (χ3v) is 2.40. The molecule has 1 aromatic heterocycles. The summed E-state index contributed by atoms with van der Waals surface area (Å²) in [5, 5.41) is 7.01. The van der Waals surface area contributed by atoms with Crippen LogP contribution in [-0.4, -0.2) is 35.9 Å². The summed E-state index contributed by atoms with van der Waals surface area (Å²) in [5.41, 5.74) is 0. The highest BCUT2D eigenvalue weighted by Crippen LogP contribution is 2.05. The van der Waals surface area contributed by atoms with Crippen molar-refractivity contribution in [3.05, 3.63) is 12.2 Å². The van der Waals surface area contributed by atoms with Gasteiger partial charge in [-0.05, 0) is 12.8 Å². The number of aromatic nitrogens is 2. The summed E-state index contributed by atoms with van der Waals surface area (Å²) in [7, 11) is 0. The third kappa shape index (κ3) is 2.78. The minimum atomic E-state index is 0.590. The number of hydrogen-bond donors (Lipinski definition) is 1. The molecule has 1 fully saturated rings. The van der Waals surface area contributed by atoms with Crippen molar-refractivity contribution in [2.75, 3.05) is 19.8 Å². The van der Waals surface area contributed by atoms with Gasteiger partial charge in [0.15, 0.2) is 6.33 Å². The molecule has 1 N–H and O–H groups in total. The van der Waals surface area contributed by atoms with Crippen LogP contribution in [-0.2, 0) is 11.2 Å². The molecule has 0 spiro atoms. The second-order valence-corrected chi connectivity index (χ2v) is 3.43. The lowest BCUT2D eigenvalue weighted by molar-refractivity contribution is 0.0780. The Bertz CT molecular complexity index is 245. The van der Waals surface area contributed by atoms with Crippen molar-refractivity contribution in [1.82, 2.24) is 15.5 Å². The number of ether oxygens (including phenoxy) is 1. The number of nitrogens with one attached hydrogen (secondary N) is 1. The Hall–Kier alpha value is -0.940. The van der Waals surface area contributed by atoms with Crippen LogP contribution in [0, 0.1) is 0 Å². The molecular formula is C9H15N3O2. The van der Waals surface area contributed by atoms with E-state index in [9.17, 15) is 0 Å². The molecule has 1 saturated heterocycles. The molecule has 2 heterocycles. The standard InChI is InChI=1S/C9H15N3O2/c1(9-11-7-12-14-9)4-10-8-2-5-13-6-3-8/h7-8,10H,1-6H2. The van der Waals surface area contributed by atoms with Crippen molar-refractivity contribution in [3.8, 4) is 0 Å². The Morgan fingerprint density at radius 2 is 2.29 bits per heavy atom. The maximum Gasteiger partial charge on any atom is 0.227 e. The van der Waals surface area contributed by atoms with Gasteiger partial charge < -0.3 is 14.6 Å². The van der Waals surface area contributed by atoms with Crippen LogP contribution in [0.15, 0.2) is 10.9 Å². The predicted molar refractivity (Wildman–Crippen MR) is 49.8 cm³/mol. The maximum absolute atomic E-state index is 5.27. The molecule has 0 aliphatic carbocycles. The average Bonchev–Trinajstić information content (AvgIpc) is 2.72. The Labute approximate surface area is 82.8 Å². The average molecular weight is 197 g/mol. The third-order valence-electron chi connectivity index (χ3n) is 2.40. The van der Waals surface area contributed by atoms with Gasteiger partial charge in [-0.15, -0.1) is 0 Å². The zero-order valence-corrected chi connectivity index (χ0v) is 8.11. The van der Waals surface area contributed by atoms with Crippen LogP contribution < -0.4 is 5.32 Å². The first-order valence-electron chi connectivity index (χ1n) is 5.02. The second kappa shape index (κ2) is 5.07. The molecular weight excluding hydrogens is 182 g/mol. The van der Waals surface area contributed by atoms with Crippen LogP contribution >= 0.6 is 0 Å². The van der Waals surface area contributed by atoms with E-state index in [-0.39, 0.29) is 0 Å². The normalized spacial score (nSPS) is 18.6. The number of hydrogen-bond acceptors (Lipinski definition) is 5. The number of rotatable bonds is 4. The van der Waals surface area contributed by atoms with Gasteiger partial charge >= 0.3 is 0 Å². The SMILES string of the molecule is c1noc(CCNC2CCOCC2)n1. The molecule has 5 nitrogen and oxygen atoms in total. The fourth-order valence-electron chi connectivity index (χ4n) is 1.59. The van der Waals surface area contributed by atoms with Crippen LogP contribution in [0.3, 0.4) is 0 Å². The van der Waals surface area contributed by atoms with Gasteiger partial charge in [-0.3, -0.25) is 0 Å². The van der Waals surface area contributed by atoms with Crippen molar-refractivity contribution < 1.29 is 9.26 Å². The van der Waals surface area contributed by atoms with E-state index in [4.69, 9.17) is 9.26 Å². The smallest absolute Gasteiger partial charge is 0.227 e. The van der Waals surface area contributed by atoms with E-state index in [1.165, 1.54) is 6.33 Å². The molecule has 1 aliphatic rings. The van der Waals surface area contributed by atoms with E-state index in [0.717, 1.165) is 39.0 Å². The van der Waals surface area contributed by atoms with Crippen LogP contribution in [0.25, 0.3) is 0 Å². The molecule has 78 valence electrons. The van der Waals surface area contributed by atoms with Gasteiger partial charge in [0, 0.05) is 32.2 Å². The molecule has 0 bridgehead atoms. The summed E-state index contributed by atoms with van der Waals surface area (Å²) < 4.78 is 10.2. The van der Waals surface area contributed by atoms with E-state index in [2.05, 4.69) is 15.5 Å². The van der Waals surface area contributed by atoms with E-state index in [1.807, 2.05) is 0 Å². The fraction of sp³-hybridized carbons (Fsp3) is 0.778. The molecule has 14 heavy (non-hydrogen) atoms. The molecule has 5 heteroatoms.